The van der Waals surface area contributed by atoms with Crippen molar-refractivity contribution >= 4 is 15.9 Å². The lowest BCUT2D eigenvalue weighted by Crippen LogP contribution is -2.35. The molecule has 1 fully saturated rings. The van der Waals surface area contributed by atoms with Crippen molar-refractivity contribution in [2.24, 2.45) is 5.92 Å². The molecule has 1 aliphatic heterocycles. The van der Waals surface area contributed by atoms with Crippen LogP contribution < -0.4 is 20.9 Å². The molecular formula is C21H28N4O3S. The Morgan fingerprint density at radius 2 is 1.72 bits per heavy atom. The molecule has 0 aliphatic carbocycles. The molecule has 1 saturated heterocycles. The van der Waals surface area contributed by atoms with Crippen LogP contribution in [0.4, 0.5) is 0 Å². The molecule has 8 heteroatoms. The second kappa shape index (κ2) is 9.49. The fraction of sp³-hybridized carbons (Fsp3) is 0.381. The van der Waals surface area contributed by atoms with Crippen molar-refractivity contribution in [3.05, 3.63) is 71.3 Å². The monoisotopic (exact) mass is 416 g/mol. The minimum Gasteiger partial charge on any atom is -0.352 e. The van der Waals surface area contributed by atoms with Gasteiger partial charge in [-0.25, -0.2) is 18.6 Å². The van der Waals surface area contributed by atoms with Crippen molar-refractivity contribution in [2.75, 3.05) is 6.54 Å². The first-order valence-electron chi connectivity index (χ1n) is 9.73. The van der Waals surface area contributed by atoms with Crippen molar-refractivity contribution in [1.29, 1.82) is 0 Å². The number of rotatable bonds is 8. The molecule has 7 nitrogen and oxygen atoms in total. The minimum absolute atomic E-state index is 0.0747. The summed E-state index contributed by atoms with van der Waals surface area (Å²) < 4.78 is 27.2. The Hall–Kier alpha value is -2.26. The summed E-state index contributed by atoms with van der Waals surface area (Å²) in [4.78, 5) is 12.8. The third-order valence-corrected chi connectivity index (χ3v) is 6.33. The van der Waals surface area contributed by atoms with Crippen LogP contribution in [0.1, 0.15) is 36.6 Å². The fourth-order valence-corrected chi connectivity index (χ4v) is 5.00. The van der Waals surface area contributed by atoms with E-state index in [1.165, 1.54) is 0 Å². The van der Waals surface area contributed by atoms with E-state index in [1.807, 2.05) is 48.5 Å². The molecule has 1 aliphatic rings. The lowest BCUT2D eigenvalue weighted by Gasteiger charge is -2.19. The second-order valence-corrected chi connectivity index (χ2v) is 9.29. The largest absolute Gasteiger partial charge is 0.352 e. The summed E-state index contributed by atoms with van der Waals surface area (Å²) in [5, 5.41) is 2.97. The molecule has 0 saturated carbocycles. The van der Waals surface area contributed by atoms with Gasteiger partial charge in [-0.1, -0.05) is 54.6 Å². The topological polar surface area (TPSA) is 99.3 Å². The molecule has 0 aromatic heterocycles. The number of hydrogen-bond donors (Lipinski definition) is 4. The minimum atomic E-state index is -3.44. The Morgan fingerprint density at radius 1 is 1.07 bits per heavy atom. The molecule has 156 valence electrons. The molecule has 2 aromatic carbocycles. The van der Waals surface area contributed by atoms with E-state index in [9.17, 15) is 13.2 Å². The average Bonchev–Trinajstić information content (AvgIpc) is 3.16. The quantitative estimate of drug-likeness (QED) is 0.524. The number of sulfonamides is 1. The van der Waals surface area contributed by atoms with Gasteiger partial charge in [-0.05, 0) is 30.5 Å². The van der Waals surface area contributed by atoms with Crippen molar-refractivity contribution in [3.8, 4) is 0 Å². The van der Waals surface area contributed by atoms with Gasteiger partial charge in [0, 0.05) is 19.1 Å². The maximum absolute atomic E-state index is 12.8. The van der Waals surface area contributed by atoms with Gasteiger partial charge < -0.3 is 5.32 Å². The lowest BCUT2D eigenvalue weighted by atomic mass is 9.94. The van der Waals surface area contributed by atoms with Crippen LogP contribution >= 0.6 is 0 Å². The zero-order valence-corrected chi connectivity index (χ0v) is 17.5. The average molecular weight is 417 g/mol. The molecule has 0 bridgehead atoms. The molecule has 0 spiro atoms. The number of nitrogens with one attached hydrogen (secondary N) is 4. The summed E-state index contributed by atoms with van der Waals surface area (Å²) in [6.07, 6.45) is 0. The summed E-state index contributed by atoms with van der Waals surface area (Å²) in [7, 11) is -3.44. The third kappa shape index (κ3) is 5.86. The number of benzene rings is 2. The number of hydrazine groups is 1. The van der Waals surface area contributed by atoms with E-state index in [0.29, 0.717) is 12.1 Å². The summed E-state index contributed by atoms with van der Waals surface area (Å²) in [5.74, 6) is -0.443. The van der Waals surface area contributed by atoms with Gasteiger partial charge in [0.15, 0.2) is 0 Å². The van der Waals surface area contributed by atoms with Crippen LogP contribution in [0, 0.1) is 5.92 Å². The van der Waals surface area contributed by atoms with Gasteiger partial charge in [0.2, 0.25) is 15.9 Å². The van der Waals surface area contributed by atoms with Crippen molar-refractivity contribution < 1.29 is 13.2 Å². The fourth-order valence-electron chi connectivity index (χ4n) is 3.51. The van der Waals surface area contributed by atoms with E-state index >= 15 is 0 Å². The number of hydrogen-bond acceptors (Lipinski definition) is 5. The second-order valence-electron chi connectivity index (χ2n) is 7.54. The zero-order chi connectivity index (χ0) is 20.9. The molecule has 29 heavy (non-hydrogen) atoms. The molecule has 2 aromatic rings. The standard InChI is InChI=1S/C21H28N4O3S/c1-15(2)25-29(27,28)14-18-11-7-6-10-17(18)12-22-21(26)19-13-23-24-20(19)16-8-4-3-5-9-16/h3-11,15,19-20,23-25H,12-14H2,1-2H3,(H,22,26). The van der Waals surface area contributed by atoms with Gasteiger partial charge in [0.05, 0.1) is 17.7 Å². The summed E-state index contributed by atoms with van der Waals surface area (Å²) in [6.45, 7) is 4.39. The van der Waals surface area contributed by atoms with Crippen LogP contribution in [-0.4, -0.2) is 26.9 Å². The predicted octanol–water partition coefficient (Wildman–Crippen LogP) is 1.60. The van der Waals surface area contributed by atoms with E-state index < -0.39 is 10.0 Å². The molecular weight excluding hydrogens is 388 g/mol. The van der Waals surface area contributed by atoms with Crippen LogP contribution in [0.15, 0.2) is 54.6 Å². The molecule has 3 rings (SSSR count). The maximum Gasteiger partial charge on any atom is 0.226 e. The zero-order valence-electron chi connectivity index (χ0n) is 16.7. The number of carbonyl (C=O) groups excluding carboxylic acids is 1. The predicted molar refractivity (Wildman–Crippen MR) is 113 cm³/mol. The Bertz CT molecular complexity index is 932. The van der Waals surface area contributed by atoms with Gasteiger partial charge >= 0.3 is 0 Å². The first-order chi connectivity index (χ1) is 13.9. The SMILES string of the molecule is CC(C)NS(=O)(=O)Cc1ccccc1CNC(=O)C1CNNC1c1ccccc1. The highest BCUT2D eigenvalue weighted by Gasteiger charge is 2.33. The summed E-state index contributed by atoms with van der Waals surface area (Å²) in [6, 6.07) is 16.8. The van der Waals surface area contributed by atoms with Crippen molar-refractivity contribution in [1.82, 2.24) is 20.9 Å². The van der Waals surface area contributed by atoms with Gasteiger partial charge in [0.1, 0.15) is 0 Å². The first-order valence-corrected chi connectivity index (χ1v) is 11.4. The molecule has 0 radical (unpaired) electrons. The van der Waals surface area contributed by atoms with Gasteiger partial charge in [0.25, 0.3) is 0 Å². The number of carbonyl (C=O) groups is 1. The molecule has 1 heterocycles. The summed E-state index contributed by atoms with van der Waals surface area (Å²) in [5.41, 5.74) is 8.75. The van der Waals surface area contributed by atoms with Crippen LogP contribution in [0.3, 0.4) is 0 Å². The van der Waals surface area contributed by atoms with Crippen molar-refractivity contribution in [3.63, 3.8) is 0 Å². The number of amides is 1. The molecule has 2 unspecified atom stereocenters. The Balaban J connectivity index is 1.66. The van der Waals surface area contributed by atoms with Crippen molar-refractivity contribution in [2.45, 2.75) is 38.2 Å². The molecule has 2 atom stereocenters. The Labute approximate surface area is 172 Å². The van der Waals surface area contributed by atoms with E-state index in [0.717, 1.165) is 11.1 Å². The Morgan fingerprint density at radius 3 is 2.41 bits per heavy atom. The maximum atomic E-state index is 12.8. The smallest absolute Gasteiger partial charge is 0.226 e. The lowest BCUT2D eigenvalue weighted by molar-refractivity contribution is -0.125. The van der Waals surface area contributed by atoms with Gasteiger partial charge in [-0.15, -0.1) is 0 Å². The first kappa shape index (κ1) is 21.4. The van der Waals surface area contributed by atoms with Crippen LogP contribution in [0.5, 0.6) is 0 Å². The highest BCUT2D eigenvalue weighted by molar-refractivity contribution is 7.88. The van der Waals surface area contributed by atoms with E-state index in [2.05, 4.69) is 20.9 Å². The highest BCUT2D eigenvalue weighted by Crippen LogP contribution is 2.25. The van der Waals surface area contributed by atoms with Gasteiger partial charge in [-0.2, -0.15) is 0 Å². The normalized spacial score (nSPS) is 19.4. The van der Waals surface area contributed by atoms with Crippen LogP contribution in [0.25, 0.3) is 0 Å². The van der Waals surface area contributed by atoms with E-state index in [4.69, 9.17) is 0 Å². The van der Waals surface area contributed by atoms with E-state index in [-0.39, 0.29) is 36.2 Å². The van der Waals surface area contributed by atoms with Crippen LogP contribution in [0.2, 0.25) is 0 Å². The van der Waals surface area contributed by atoms with Crippen LogP contribution in [-0.2, 0) is 27.1 Å². The highest BCUT2D eigenvalue weighted by atomic mass is 32.2. The summed E-state index contributed by atoms with van der Waals surface area (Å²) >= 11 is 0. The molecule has 4 N–H and O–H groups in total. The molecule has 1 amide bonds. The third-order valence-electron chi connectivity index (χ3n) is 4.81. The van der Waals surface area contributed by atoms with Gasteiger partial charge in [-0.3, -0.25) is 10.2 Å². The van der Waals surface area contributed by atoms with E-state index in [1.54, 1.807) is 19.9 Å². The Kier molecular flexibility index (Phi) is 7.02.